The Morgan fingerprint density at radius 2 is 1.26 bits per heavy atom. The Morgan fingerprint density at radius 1 is 0.806 bits per heavy atom. The molecule has 3 aliphatic rings. The molecular formula is C22H28O9. The molecule has 0 radical (unpaired) electrons. The smallest absolute Gasteiger partial charge is 0.310 e. The van der Waals surface area contributed by atoms with E-state index >= 15 is 0 Å². The van der Waals surface area contributed by atoms with Gasteiger partial charge in [-0.2, -0.15) is 0 Å². The minimum atomic E-state index is -1.29. The van der Waals surface area contributed by atoms with Crippen LogP contribution in [0.25, 0.3) is 0 Å². The highest BCUT2D eigenvalue weighted by molar-refractivity contribution is 5.98. The zero-order valence-corrected chi connectivity index (χ0v) is 17.9. The standard InChI is InChI=1S/C22H28O9/c1-20(2)13-4-12(5-14(23)6-17(26)27)21(3,10-15(24)7-18(28)29)22(20,9-13)11-16(25)8-19(30)31/h4,13H,5-11H2,1-3H3,(H,26,27)(H,28,29)(H,30,31). The van der Waals surface area contributed by atoms with Crippen molar-refractivity contribution in [3.8, 4) is 0 Å². The van der Waals surface area contributed by atoms with Gasteiger partial charge in [0, 0.05) is 24.7 Å². The highest BCUT2D eigenvalue weighted by Crippen LogP contribution is 2.76. The topological polar surface area (TPSA) is 163 Å². The largest absolute Gasteiger partial charge is 0.481 e. The first-order chi connectivity index (χ1) is 14.1. The van der Waals surface area contributed by atoms with E-state index < -0.39 is 70.8 Å². The summed E-state index contributed by atoms with van der Waals surface area (Å²) in [6, 6.07) is 0. The van der Waals surface area contributed by atoms with Gasteiger partial charge in [-0.25, -0.2) is 0 Å². The number of hydrogen-bond acceptors (Lipinski definition) is 6. The number of rotatable bonds is 12. The lowest BCUT2D eigenvalue weighted by atomic mass is 9.31. The van der Waals surface area contributed by atoms with E-state index in [0.29, 0.717) is 12.0 Å². The fourth-order valence-electron chi connectivity index (χ4n) is 5.72. The highest BCUT2D eigenvalue weighted by Gasteiger charge is 2.70. The quantitative estimate of drug-likeness (QED) is 0.307. The summed E-state index contributed by atoms with van der Waals surface area (Å²) in [5.74, 6) is -5.49. The average molecular weight is 436 g/mol. The molecule has 3 aliphatic carbocycles. The first-order valence-corrected chi connectivity index (χ1v) is 10.1. The van der Waals surface area contributed by atoms with E-state index in [1.165, 1.54) is 0 Å². The normalized spacial score (nSPS) is 28.1. The molecule has 3 unspecified atom stereocenters. The van der Waals surface area contributed by atoms with Crippen LogP contribution < -0.4 is 0 Å². The molecule has 0 spiro atoms. The summed E-state index contributed by atoms with van der Waals surface area (Å²) in [4.78, 5) is 70.4. The molecule has 9 heteroatoms. The first kappa shape index (κ1) is 24.4. The van der Waals surface area contributed by atoms with Crippen molar-refractivity contribution < 1.29 is 44.1 Å². The Bertz CT molecular complexity index is 881. The van der Waals surface area contributed by atoms with E-state index in [9.17, 15) is 28.8 Å². The van der Waals surface area contributed by atoms with Crippen molar-refractivity contribution in [2.24, 2.45) is 22.2 Å². The zero-order valence-electron chi connectivity index (χ0n) is 17.9. The third-order valence-electron chi connectivity index (χ3n) is 7.38. The SMILES string of the molecule is CC1(CC(=O)CC(=O)O)C(CC(=O)CC(=O)O)=CC2CC1(CC(=O)CC(=O)O)C2(C)C. The lowest BCUT2D eigenvalue weighted by Crippen LogP contribution is -2.66. The van der Waals surface area contributed by atoms with Crippen LogP contribution in [-0.2, 0) is 28.8 Å². The number of hydrogen-bond donors (Lipinski definition) is 3. The third-order valence-corrected chi connectivity index (χ3v) is 7.38. The van der Waals surface area contributed by atoms with Gasteiger partial charge in [0.05, 0.1) is 0 Å². The van der Waals surface area contributed by atoms with Crippen molar-refractivity contribution in [2.75, 3.05) is 0 Å². The summed E-state index contributed by atoms with van der Waals surface area (Å²) >= 11 is 0. The predicted octanol–water partition coefficient (Wildman–Crippen LogP) is 2.27. The maximum atomic E-state index is 12.5. The molecule has 0 amide bonds. The summed E-state index contributed by atoms with van der Waals surface area (Å²) in [7, 11) is 0. The van der Waals surface area contributed by atoms with Crippen LogP contribution in [0.15, 0.2) is 11.6 Å². The molecule has 0 aliphatic heterocycles. The summed E-state index contributed by atoms with van der Waals surface area (Å²) in [5.41, 5.74) is -1.91. The van der Waals surface area contributed by atoms with Gasteiger partial charge in [0.15, 0.2) is 0 Å². The third kappa shape index (κ3) is 4.45. The second kappa shape index (κ2) is 8.36. The number of aliphatic carboxylic acids is 3. The van der Waals surface area contributed by atoms with E-state index in [-0.39, 0.29) is 25.2 Å². The van der Waals surface area contributed by atoms with Crippen molar-refractivity contribution in [1.29, 1.82) is 0 Å². The molecule has 170 valence electrons. The van der Waals surface area contributed by atoms with E-state index in [0.717, 1.165) is 0 Å². The Hall–Kier alpha value is -2.84. The van der Waals surface area contributed by atoms with Crippen LogP contribution in [0.1, 0.15) is 65.7 Å². The van der Waals surface area contributed by atoms with Crippen molar-refractivity contribution in [3.05, 3.63) is 11.6 Å². The molecule has 3 atom stereocenters. The van der Waals surface area contributed by atoms with Crippen LogP contribution in [0.4, 0.5) is 0 Å². The Balaban J connectivity index is 2.51. The van der Waals surface area contributed by atoms with Crippen LogP contribution in [0.5, 0.6) is 0 Å². The van der Waals surface area contributed by atoms with Gasteiger partial charge in [0.1, 0.15) is 36.6 Å². The average Bonchev–Trinajstić information content (AvgIpc) is 2.55. The summed E-state index contributed by atoms with van der Waals surface area (Å²) < 4.78 is 0. The molecule has 0 aromatic heterocycles. The van der Waals surface area contributed by atoms with E-state index in [1.807, 2.05) is 19.9 Å². The minimum absolute atomic E-state index is 0.0274. The van der Waals surface area contributed by atoms with Gasteiger partial charge in [-0.3, -0.25) is 28.8 Å². The van der Waals surface area contributed by atoms with Crippen LogP contribution >= 0.6 is 0 Å². The van der Waals surface area contributed by atoms with Crippen LogP contribution in [-0.4, -0.2) is 50.6 Å². The van der Waals surface area contributed by atoms with Gasteiger partial charge < -0.3 is 15.3 Å². The van der Waals surface area contributed by atoms with Crippen LogP contribution in [0, 0.1) is 22.2 Å². The number of allylic oxidation sites excluding steroid dienone is 2. The maximum Gasteiger partial charge on any atom is 0.310 e. The van der Waals surface area contributed by atoms with Gasteiger partial charge >= 0.3 is 17.9 Å². The Labute approximate surface area is 179 Å². The lowest BCUT2D eigenvalue weighted by Gasteiger charge is -2.72. The van der Waals surface area contributed by atoms with E-state index in [1.54, 1.807) is 6.92 Å². The summed E-state index contributed by atoms with van der Waals surface area (Å²) in [6.07, 6.45) is -0.282. The minimum Gasteiger partial charge on any atom is -0.481 e. The molecule has 2 bridgehead atoms. The molecule has 1 saturated carbocycles. The van der Waals surface area contributed by atoms with Gasteiger partial charge in [0.25, 0.3) is 0 Å². The predicted molar refractivity (Wildman–Crippen MR) is 106 cm³/mol. The zero-order chi connectivity index (χ0) is 23.8. The number of carbonyl (C=O) groups excluding carboxylic acids is 3. The van der Waals surface area contributed by atoms with Crippen molar-refractivity contribution in [3.63, 3.8) is 0 Å². The maximum absolute atomic E-state index is 12.5. The Kier molecular flexibility index (Phi) is 6.59. The molecule has 0 aromatic carbocycles. The molecule has 0 saturated heterocycles. The van der Waals surface area contributed by atoms with E-state index in [4.69, 9.17) is 15.3 Å². The van der Waals surface area contributed by atoms with E-state index in [2.05, 4.69) is 0 Å². The second-order valence-corrected chi connectivity index (χ2v) is 9.50. The molecule has 1 fully saturated rings. The number of Topliss-reactive ketones (excluding diaryl/α,β-unsaturated/α-hetero) is 3. The molecule has 31 heavy (non-hydrogen) atoms. The first-order valence-electron chi connectivity index (χ1n) is 10.1. The van der Waals surface area contributed by atoms with Crippen molar-refractivity contribution in [1.82, 2.24) is 0 Å². The van der Waals surface area contributed by atoms with Gasteiger partial charge in [-0.1, -0.05) is 32.4 Å². The monoisotopic (exact) mass is 436 g/mol. The number of carboxylic acid groups (broad SMARTS) is 3. The molecular weight excluding hydrogens is 408 g/mol. The van der Waals surface area contributed by atoms with Gasteiger partial charge in [0.2, 0.25) is 0 Å². The number of carboxylic acids is 3. The molecule has 0 aromatic rings. The molecule has 0 heterocycles. The van der Waals surface area contributed by atoms with Crippen LogP contribution in [0.2, 0.25) is 0 Å². The lowest BCUT2D eigenvalue weighted by molar-refractivity contribution is -0.195. The second-order valence-electron chi connectivity index (χ2n) is 9.50. The molecule has 3 N–H and O–H groups in total. The fourth-order valence-corrected chi connectivity index (χ4v) is 5.72. The Morgan fingerprint density at radius 3 is 1.71 bits per heavy atom. The highest BCUT2D eigenvalue weighted by atomic mass is 16.4. The molecule has 9 nitrogen and oxygen atoms in total. The number of fused-ring (bicyclic) bond motifs is 1. The number of ketones is 3. The van der Waals surface area contributed by atoms with Gasteiger partial charge in [-0.15, -0.1) is 0 Å². The van der Waals surface area contributed by atoms with Crippen molar-refractivity contribution >= 4 is 35.3 Å². The number of carbonyl (C=O) groups is 6. The van der Waals surface area contributed by atoms with Crippen molar-refractivity contribution in [2.45, 2.75) is 65.7 Å². The summed E-state index contributed by atoms with van der Waals surface area (Å²) in [6.45, 7) is 5.54. The molecule has 3 rings (SSSR count). The van der Waals surface area contributed by atoms with Gasteiger partial charge in [-0.05, 0) is 23.2 Å². The summed E-state index contributed by atoms with van der Waals surface area (Å²) in [5, 5.41) is 27.0. The van der Waals surface area contributed by atoms with Crippen LogP contribution in [0.3, 0.4) is 0 Å². The fraction of sp³-hybridized carbons (Fsp3) is 0.636.